The van der Waals surface area contributed by atoms with Crippen LogP contribution in [0.15, 0.2) is 42.5 Å². The second-order valence-corrected chi connectivity index (χ2v) is 10.9. The van der Waals surface area contributed by atoms with Crippen LogP contribution < -0.4 is 5.32 Å². The van der Waals surface area contributed by atoms with E-state index < -0.39 is 6.04 Å². The molecule has 2 amide bonds. The molecule has 4 nitrogen and oxygen atoms in total. The van der Waals surface area contributed by atoms with Gasteiger partial charge >= 0.3 is 0 Å². The highest BCUT2D eigenvalue weighted by Crippen LogP contribution is 2.25. The number of halogens is 2. The van der Waals surface area contributed by atoms with Crippen LogP contribution in [0.25, 0.3) is 0 Å². The Morgan fingerprint density at radius 2 is 1.64 bits per heavy atom. The number of hydrogen-bond donors (Lipinski definition) is 1. The van der Waals surface area contributed by atoms with E-state index in [2.05, 4.69) is 50.4 Å². The maximum atomic E-state index is 13.3. The summed E-state index contributed by atoms with van der Waals surface area (Å²) in [5.74, 6) is 0.0665. The summed E-state index contributed by atoms with van der Waals surface area (Å²) in [5, 5.41) is 3.94. The average molecular weight is 492 g/mol. The number of rotatable bonds is 9. The molecule has 1 atom stereocenters. The van der Waals surface area contributed by atoms with E-state index in [1.54, 1.807) is 30.0 Å². The molecule has 0 aliphatic carbocycles. The minimum Gasteiger partial charge on any atom is -0.354 e. The number of nitrogens with zero attached hydrogens (tertiary/aromatic N) is 1. The Morgan fingerprint density at radius 3 is 2.18 bits per heavy atom. The Hall–Kier alpha value is -2.04. The Balaban J connectivity index is 2.16. The van der Waals surface area contributed by atoms with Gasteiger partial charge in [0, 0.05) is 29.6 Å². The largest absolute Gasteiger partial charge is 0.354 e. The van der Waals surface area contributed by atoms with Crippen molar-refractivity contribution in [1.29, 1.82) is 0 Å². The lowest BCUT2D eigenvalue weighted by atomic mass is 9.86. The van der Waals surface area contributed by atoms with Crippen LogP contribution >= 0.6 is 23.2 Å². The first kappa shape index (κ1) is 27.2. The van der Waals surface area contributed by atoms with Gasteiger partial charge in [-0.05, 0) is 53.5 Å². The minimum atomic E-state index is -0.619. The maximum absolute atomic E-state index is 13.3. The van der Waals surface area contributed by atoms with Crippen molar-refractivity contribution in [3.05, 3.63) is 69.2 Å². The van der Waals surface area contributed by atoms with Gasteiger partial charge in [-0.15, -0.1) is 0 Å². The lowest BCUT2D eigenvalue weighted by Crippen LogP contribution is -2.48. The molecule has 2 aromatic carbocycles. The predicted octanol–water partition coefficient (Wildman–Crippen LogP) is 6.41. The van der Waals surface area contributed by atoms with Crippen molar-refractivity contribution in [2.75, 3.05) is 6.54 Å². The molecule has 0 spiro atoms. The number of aryl methyl sites for hydroxylation is 1. The SMILES string of the molecule is CC(C)CNC(=O)[C@@H](C)N(Cc1ccc(Cl)cc1Cl)C(=O)CCc1ccc(C(C)(C)C)cc1. The number of benzene rings is 2. The van der Waals surface area contributed by atoms with Gasteiger partial charge in [-0.2, -0.15) is 0 Å². The molecule has 0 bridgehead atoms. The zero-order chi connectivity index (χ0) is 24.8. The van der Waals surface area contributed by atoms with Crippen LogP contribution in [0.4, 0.5) is 0 Å². The standard InChI is InChI=1S/C27H36Cl2N2O2/c1-18(2)16-30-26(33)19(3)31(17-21-10-13-23(28)15-24(21)29)25(32)14-9-20-7-11-22(12-8-20)27(4,5)6/h7-8,10-13,15,18-19H,9,14,16-17H2,1-6H3,(H,30,33)/t19-/m1/s1. The van der Waals surface area contributed by atoms with Crippen LogP contribution in [0.3, 0.4) is 0 Å². The highest BCUT2D eigenvalue weighted by molar-refractivity contribution is 6.35. The number of hydrogen-bond acceptors (Lipinski definition) is 2. The third kappa shape index (κ3) is 8.35. The molecule has 0 radical (unpaired) electrons. The molecule has 6 heteroatoms. The third-order valence-electron chi connectivity index (χ3n) is 5.66. The summed E-state index contributed by atoms with van der Waals surface area (Å²) in [5.41, 5.74) is 3.19. The van der Waals surface area contributed by atoms with Crippen LogP contribution in [0.2, 0.25) is 10.0 Å². The number of carbonyl (C=O) groups is 2. The van der Waals surface area contributed by atoms with E-state index in [0.29, 0.717) is 35.3 Å². The minimum absolute atomic E-state index is 0.0851. The Morgan fingerprint density at radius 1 is 1.00 bits per heavy atom. The summed E-state index contributed by atoms with van der Waals surface area (Å²) in [6.45, 7) is 13.2. The molecule has 0 unspecified atom stereocenters. The Bertz CT molecular complexity index is 950. The summed E-state index contributed by atoms with van der Waals surface area (Å²) in [6.07, 6.45) is 0.913. The topological polar surface area (TPSA) is 49.4 Å². The predicted molar refractivity (Wildman–Crippen MR) is 138 cm³/mol. The molecular weight excluding hydrogens is 455 g/mol. The van der Waals surface area contributed by atoms with Gasteiger partial charge in [0.05, 0.1) is 0 Å². The van der Waals surface area contributed by atoms with E-state index >= 15 is 0 Å². The van der Waals surface area contributed by atoms with E-state index in [9.17, 15) is 9.59 Å². The van der Waals surface area contributed by atoms with Crippen molar-refractivity contribution >= 4 is 35.0 Å². The third-order valence-corrected chi connectivity index (χ3v) is 6.24. The molecule has 0 aliphatic heterocycles. The van der Waals surface area contributed by atoms with E-state index in [4.69, 9.17) is 23.2 Å². The van der Waals surface area contributed by atoms with Gasteiger partial charge in [-0.3, -0.25) is 9.59 Å². The van der Waals surface area contributed by atoms with Crippen molar-refractivity contribution in [2.24, 2.45) is 5.92 Å². The quantitative estimate of drug-likeness (QED) is 0.441. The van der Waals surface area contributed by atoms with E-state index in [1.807, 2.05) is 13.8 Å². The molecule has 0 saturated carbocycles. The van der Waals surface area contributed by atoms with Gasteiger partial charge in [-0.1, -0.05) is 88.2 Å². The molecule has 0 heterocycles. The molecule has 1 N–H and O–H groups in total. The number of carbonyl (C=O) groups excluding carboxylic acids is 2. The molecule has 0 fully saturated rings. The first-order valence-electron chi connectivity index (χ1n) is 11.5. The zero-order valence-electron chi connectivity index (χ0n) is 20.5. The summed E-state index contributed by atoms with van der Waals surface area (Å²) in [6, 6.07) is 13.0. The van der Waals surface area contributed by atoms with Gasteiger partial charge in [0.25, 0.3) is 0 Å². The second kappa shape index (κ2) is 11.9. The van der Waals surface area contributed by atoms with E-state index in [-0.39, 0.29) is 23.8 Å². The van der Waals surface area contributed by atoms with Crippen LogP contribution in [0.1, 0.15) is 64.7 Å². The molecule has 180 valence electrons. The summed E-state index contributed by atoms with van der Waals surface area (Å²) >= 11 is 12.4. The normalized spacial score (nSPS) is 12.5. The molecule has 2 aromatic rings. The van der Waals surface area contributed by atoms with Gasteiger partial charge in [0.15, 0.2) is 0 Å². The van der Waals surface area contributed by atoms with Crippen LogP contribution in [-0.4, -0.2) is 29.3 Å². The van der Waals surface area contributed by atoms with Gasteiger partial charge in [0.1, 0.15) is 6.04 Å². The van der Waals surface area contributed by atoms with Crippen LogP contribution in [0, 0.1) is 5.92 Å². The van der Waals surface area contributed by atoms with Crippen molar-refractivity contribution in [2.45, 2.75) is 72.4 Å². The summed E-state index contributed by atoms with van der Waals surface area (Å²) in [7, 11) is 0. The monoisotopic (exact) mass is 490 g/mol. The van der Waals surface area contributed by atoms with Crippen molar-refractivity contribution in [1.82, 2.24) is 10.2 Å². The van der Waals surface area contributed by atoms with Crippen molar-refractivity contribution < 1.29 is 9.59 Å². The number of nitrogens with one attached hydrogen (secondary N) is 1. The molecule has 0 aromatic heterocycles. The maximum Gasteiger partial charge on any atom is 0.242 e. The first-order chi connectivity index (χ1) is 15.4. The molecular formula is C27H36Cl2N2O2. The molecule has 2 rings (SSSR count). The van der Waals surface area contributed by atoms with Gasteiger partial charge in [0.2, 0.25) is 11.8 Å². The Labute approximate surface area is 208 Å². The highest BCUT2D eigenvalue weighted by atomic mass is 35.5. The highest BCUT2D eigenvalue weighted by Gasteiger charge is 2.26. The van der Waals surface area contributed by atoms with Crippen molar-refractivity contribution in [3.8, 4) is 0 Å². The first-order valence-corrected chi connectivity index (χ1v) is 12.2. The van der Waals surface area contributed by atoms with Crippen LogP contribution in [-0.2, 0) is 28.0 Å². The second-order valence-electron chi connectivity index (χ2n) is 10.0. The summed E-state index contributed by atoms with van der Waals surface area (Å²) < 4.78 is 0. The zero-order valence-corrected chi connectivity index (χ0v) is 22.1. The van der Waals surface area contributed by atoms with E-state index in [0.717, 1.165) is 11.1 Å². The smallest absolute Gasteiger partial charge is 0.242 e. The fourth-order valence-electron chi connectivity index (χ4n) is 3.43. The average Bonchev–Trinajstić information content (AvgIpc) is 2.74. The van der Waals surface area contributed by atoms with E-state index in [1.165, 1.54) is 5.56 Å². The molecule has 33 heavy (non-hydrogen) atoms. The lowest BCUT2D eigenvalue weighted by molar-refractivity contribution is -0.140. The van der Waals surface area contributed by atoms with Gasteiger partial charge < -0.3 is 10.2 Å². The molecule has 0 saturated heterocycles. The number of amides is 2. The summed E-state index contributed by atoms with van der Waals surface area (Å²) in [4.78, 5) is 27.7. The Kier molecular flexibility index (Phi) is 9.81. The molecule has 0 aliphatic rings. The fraction of sp³-hybridized carbons (Fsp3) is 0.481. The van der Waals surface area contributed by atoms with Gasteiger partial charge in [-0.25, -0.2) is 0 Å². The van der Waals surface area contributed by atoms with Crippen LogP contribution in [0.5, 0.6) is 0 Å². The van der Waals surface area contributed by atoms with Crippen molar-refractivity contribution in [3.63, 3.8) is 0 Å². The fourth-order valence-corrected chi connectivity index (χ4v) is 3.90. The lowest BCUT2D eigenvalue weighted by Gasteiger charge is -2.29.